The summed E-state index contributed by atoms with van der Waals surface area (Å²) in [5.74, 6) is -1.23. The first-order chi connectivity index (χ1) is 10.1. The maximum atomic E-state index is 10.8. The third-order valence-electron chi connectivity index (χ3n) is 3.21. The number of hydrogen-bond donors (Lipinski definition) is 1. The van der Waals surface area contributed by atoms with Crippen LogP contribution < -0.4 is 5.11 Å². The highest BCUT2D eigenvalue weighted by atomic mass is 16.4. The normalized spacial score (nSPS) is 11.3. The zero-order valence-electron chi connectivity index (χ0n) is 11.3. The van der Waals surface area contributed by atoms with Gasteiger partial charge in [0.1, 0.15) is 5.69 Å². The summed E-state index contributed by atoms with van der Waals surface area (Å²) in [4.78, 5) is 14.1. The second-order valence-electron chi connectivity index (χ2n) is 4.68. The van der Waals surface area contributed by atoms with E-state index in [0.29, 0.717) is 5.69 Å². The summed E-state index contributed by atoms with van der Waals surface area (Å²) in [7, 11) is 0. The predicted molar refractivity (Wildman–Crippen MR) is 78.0 cm³/mol. The van der Waals surface area contributed by atoms with Gasteiger partial charge in [-0.25, -0.2) is 0 Å². The molecule has 0 aliphatic heterocycles. The number of hydrogen-bond acceptors (Lipinski definition) is 4. The number of H-pyrrole nitrogens is 1. The number of aromatic carboxylic acids is 1. The lowest BCUT2D eigenvalue weighted by atomic mass is 10.2. The molecule has 5 nitrogen and oxygen atoms in total. The van der Waals surface area contributed by atoms with Crippen LogP contribution in [0.25, 0.3) is 10.9 Å². The van der Waals surface area contributed by atoms with Crippen molar-refractivity contribution in [3.05, 3.63) is 59.8 Å². The van der Waals surface area contributed by atoms with E-state index in [1.165, 1.54) is 12.1 Å². The summed E-state index contributed by atoms with van der Waals surface area (Å²) in [5, 5.41) is 20.2. The third-order valence-corrected chi connectivity index (χ3v) is 3.21. The number of para-hydroxylation sites is 1. The van der Waals surface area contributed by atoms with Crippen molar-refractivity contribution in [1.82, 2.24) is 4.98 Å². The molecular formula is C16H12N3O2-. The molecule has 2 aromatic carbocycles. The van der Waals surface area contributed by atoms with Crippen LogP contribution >= 0.6 is 0 Å². The van der Waals surface area contributed by atoms with Crippen LogP contribution in [0.1, 0.15) is 16.1 Å². The highest BCUT2D eigenvalue weighted by Gasteiger charge is 2.06. The quantitative estimate of drug-likeness (QED) is 0.746. The van der Waals surface area contributed by atoms with Gasteiger partial charge in [-0.2, -0.15) is 5.11 Å². The first kappa shape index (κ1) is 13.1. The van der Waals surface area contributed by atoms with Crippen LogP contribution in [-0.4, -0.2) is 11.0 Å². The molecule has 0 saturated carbocycles. The number of carbonyl (C=O) groups is 1. The van der Waals surface area contributed by atoms with Crippen molar-refractivity contribution in [2.75, 3.05) is 0 Å². The average molecular weight is 278 g/mol. The molecule has 3 rings (SSSR count). The van der Waals surface area contributed by atoms with Crippen LogP contribution in [0, 0.1) is 6.92 Å². The van der Waals surface area contributed by atoms with Gasteiger partial charge in [-0.1, -0.05) is 30.3 Å². The molecule has 0 aliphatic carbocycles. The maximum absolute atomic E-state index is 10.8. The lowest BCUT2D eigenvalue weighted by molar-refractivity contribution is -0.255. The molecule has 0 bridgehead atoms. The summed E-state index contributed by atoms with van der Waals surface area (Å²) >= 11 is 0. The van der Waals surface area contributed by atoms with Crippen molar-refractivity contribution in [2.24, 2.45) is 10.2 Å². The minimum atomic E-state index is -1.23. The van der Waals surface area contributed by atoms with Crippen molar-refractivity contribution in [3.63, 3.8) is 0 Å². The number of azo groups is 1. The predicted octanol–water partition coefficient (Wildman–Crippen LogP) is 3.26. The fourth-order valence-corrected chi connectivity index (χ4v) is 2.19. The second kappa shape index (κ2) is 5.20. The molecule has 21 heavy (non-hydrogen) atoms. The van der Waals surface area contributed by atoms with E-state index in [1.807, 2.05) is 31.2 Å². The number of aromatic nitrogens is 1. The number of aromatic amines is 1. The molecule has 1 heterocycles. The Kier molecular flexibility index (Phi) is 3.23. The number of carboxylic acids is 1. The summed E-state index contributed by atoms with van der Waals surface area (Å²) in [6.45, 7) is 1.92. The molecule has 0 radical (unpaired) electrons. The number of aryl methyl sites for hydroxylation is 1. The van der Waals surface area contributed by atoms with E-state index in [0.717, 1.165) is 22.3 Å². The van der Waals surface area contributed by atoms with Gasteiger partial charge >= 0.3 is 0 Å². The van der Waals surface area contributed by atoms with Crippen molar-refractivity contribution in [1.29, 1.82) is 0 Å². The molecule has 0 unspecified atom stereocenters. The van der Waals surface area contributed by atoms with E-state index in [1.54, 1.807) is 12.1 Å². The fourth-order valence-electron chi connectivity index (χ4n) is 2.19. The van der Waals surface area contributed by atoms with Crippen LogP contribution in [-0.2, 0) is 0 Å². The first-order valence-corrected chi connectivity index (χ1v) is 6.45. The SMILES string of the molecule is Cc1[nH]c2ccccc2c1N=Nc1cccc(C(=O)[O-])c1. The van der Waals surface area contributed by atoms with E-state index < -0.39 is 5.97 Å². The Morgan fingerprint density at radius 2 is 1.90 bits per heavy atom. The van der Waals surface area contributed by atoms with E-state index in [9.17, 15) is 9.90 Å². The van der Waals surface area contributed by atoms with Crippen LogP contribution in [0.15, 0.2) is 58.8 Å². The zero-order chi connectivity index (χ0) is 14.8. The number of rotatable bonds is 3. The fraction of sp³-hybridized carbons (Fsp3) is 0.0625. The minimum absolute atomic E-state index is 0.0853. The Hall–Kier alpha value is -2.95. The van der Waals surface area contributed by atoms with Crippen LogP contribution in [0.4, 0.5) is 11.4 Å². The van der Waals surface area contributed by atoms with Gasteiger partial charge in [0.05, 0.1) is 11.7 Å². The van der Waals surface area contributed by atoms with Gasteiger partial charge in [0.25, 0.3) is 0 Å². The van der Waals surface area contributed by atoms with Crippen molar-refractivity contribution < 1.29 is 9.90 Å². The summed E-state index contributed by atoms with van der Waals surface area (Å²) in [6.07, 6.45) is 0. The Balaban J connectivity index is 2.00. The van der Waals surface area contributed by atoms with Crippen molar-refractivity contribution in [3.8, 4) is 0 Å². The number of nitrogens with zero attached hydrogens (tertiary/aromatic N) is 2. The van der Waals surface area contributed by atoms with Gasteiger partial charge < -0.3 is 14.9 Å². The summed E-state index contributed by atoms with van der Waals surface area (Å²) in [5.41, 5.74) is 3.22. The molecule has 0 amide bonds. The molecule has 0 atom stereocenters. The monoisotopic (exact) mass is 278 g/mol. The Morgan fingerprint density at radius 3 is 2.71 bits per heavy atom. The first-order valence-electron chi connectivity index (χ1n) is 6.45. The number of benzene rings is 2. The molecule has 1 N–H and O–H groups in total. The number of fused-ring (bicyclic) bond motifs is 1. The Labute approximate surface area is 121 Å². The van der Waals surface area contributed by atoms with Crippen molar-refractivity contribution in [2.45, 2.75) is 6.92 Å². The molecular weight excluding hydrogens is 266 g/mol. The molecule has 0 aliphatic rings. The Morgan fingerprint density at radius 1 is 1.10 bits per heavy atom. The molecule has 104 valence electrons. The van der Waals surface area contributed by atoms with Gasteiger partial charge in [0, 0.05) is 16.6 Å². The third kappa shape index (κ3) is 2.53. The number of nitrogens with one attached hydrogen (secondary N) is 1. The van der Waals surface area contributed by atoms with Crippen LogP contribution in [0.3, 0.4) is 0 Å². The Bertz CT molecular complexity index is 850. The molecule has 0 spiro atoms. The average Bonchev–Trinajstić information content (AvgIpc) is 2.81. The van der Waals surface area contributed by atoms with Gasteiger partial charge in [0.2, 0.25) is 0 Å². The van der Waals surface area contributed by atoms with E-state index >= 15 is 0 Å². The topological polar surface area (TPSA) is 80.6 Å². The lowest BCUT2D eigenvalue weighted by Gasteiger charge is -2.01. The van der Waals surface area contributed by atoms with Crippen LogP contribution in [0.2, 0.25) is 0 Å². The van der Waals surface area contributed by atoms with Crippen LogP contribution in [0.5, 0.6) is 0 Å². The molecule has 0 saturated heterocycles. The van der Waals surface area contributed by atoms with Crippen molar-refractivity contribution >= 4 is 28.2 Å². The van der Waals surface area contributed by atoms with Gasteiger partial charge in [0.15, 0.2) is 0 Å². The zero-order valence-corrected chi connectivity index (χ0v) is 11.3. The molecule has 1 aromatic heterocycles. The van der Waals surface area contributed by atoms with E-state index in [4.69, 9.17) is 0 Å². The molecule has 0 fully saturated rings. The highest BCUT2D eigenvalue weighted by molar-refractivity contribution is 5.92. The largest absolute Gasteiger partial charge is 0.545 e. The van der Waals surface area contributed by atoms with Gasteiger partial charge in [-0.15, -0.1) is 5.11 Å². The summed E-state index contributed by atoms with van der Waals surface area (Å²) in [6, 6.07) is 14.0. The van der Waals surface area contributed by atoms with E-state index in [-0.39, 0.29) is 5.56 Å². The minimum Gasteiger partial charge on any atom is -0.545 e. The van der Waals surface area contributed by atoms with E-state index in [2.05, 4.69) is 15.2 Å². The standard InChI is InChI=1S/C16H13N3O2/c1-10-15(13-7-2-3-8-14(13)17-10)19-18-12-6-4-5-11(9-12)16(20)21/h2-9,17H,1H3,(H,20,21)/p-1. The molecule has 3 aromatic rings. The second-order valence-corrected chi connectivity index (χ2v) is 4.68. The lowest BCUT2D eigenvalue weighted by Crippen LogP contribution is -2.21. The summed E-state index contributed by atoms with van der Waals surface area (Å²) < 4.78 is 0. The smallest absolute Gasteiger partial charge is 0.114 e. The highest BCUT2D eigenvalue weighted by Crippen LogP contribution is 2.31. The number of carboxylic acid groups (broad SMARTS) is 1. The maximum Gasteiger partial charge on any atom is 0.114 e. The van der Waals surface area contributed by atoms with Gasteiger partial charge in [-0.3, -0.25) is 0 Å². The number of carbonyl (C=O) groups excluding carboxylic acids is 1. The van der Waals surface area contributed by atoms with Gasteiger partial charge in [-0.05, 0) is 30.7 Å². The molecule has 5 heteroatoms.